The van der Waals surface area contributed by atoms with Crippen molar-refractivity contribution < 1.29 is 9.59 Å². The standard InChI is InChI=1S/C17H17N3O2S2/c18-7-8-19-17(22)15(20-16(21)14-6-9-23-11-14)12-24-10-13-4-2-1-3-5-13/h1-6,9,11,15H,8,10,12H2,(H,19,22)(H,20,21). The average molecular weight is 359 g/mol. The van der Waals surface area contributed by atoms with E-state index in [1.165, 1.54) is 11.3 Å². The molecule has 5 nitrogen and oxygen atoms in total. The molecule has 0 aliphatic heterocycles. The fraction of sp³-hybridized carbons (Fsp3) is 0.235. The highest BCUT2D eigenvalue weighted by molar-refractivity contribution is 7.98. The van der Waals surface area contributed by atoms with Gasteiger partial charge in [-0.2, -0.15) is 28.4 Å². The first-order valence-corrected chi connectivity index (χ1v) is 9.40. The van der Waals surface area contributed by atoms with Crippen LogP contribution in [0.1, 0.15) is 15.9 Å². The van der Waals surface area contributed by atoms with Crippen LogP contribution in [0, 0.1) is 11.3 Å². The van der Waals surface area contributed by atoms with Crippen LogP contribution >= 0.6 is 23.1 Å². The van der Waals surface area contributed by atoms with Crippen LogP contribution in [0.5, 0.6) is 0 Å². The van der Waals surface area contributed by atoms with Gasteiger partial charge in [0.25, 0.3) is 5.91 Å². The van der Waals surface area contributed by atoms with Gasteiger partial charge in [-0.3, -0.25) is 9.59 Å². The molecule has 0 aliphatic carbocycles. The van der Waals surface area contributed by atoms with E-state index in [2.05, 4.69) is 10.6 Å². The van der Waals surface area contributed by atoms with Gasteiger partial charge in [0.15, 0.2) is 0 Å². The van der Waals surface area contributed by atoms with Crippen molar-refractivity contribution >= 4 is 34.9 Å². The van der Waals surface area contributed by atoms with Crippen LogP contribution in [0.2, 0.25) is 0 Å². The van der Waals surface area contributed by atoms with Crippen LogP contribution in [0.3, 0.4) is 0 Å². The number of nitrogens with zero attached hydrogens (tertiary/aromatic N) is 1. The second-order valence-corrected chi connectivity index (χ2v) is 6.73. The monoisotopic (exact) mass is 359 g/mol. The van der Waals surface area contributed by atoms with E-state index in [1.54, 1.807) is 23.2 Å². The van der Waals surface area contributed by atoms with Crippen LogP contribution in [0.25, 0.3) is 0 Å². The van der Waals surface area contributed by atoms with Crippen LogP contribution in [0.4, 0.5) is 0 Å². The number of benzene rings is 1. The van der Waals surface area contributed by atoms with Crippen molar-refractivity contribution in [3.63, 3.8) is 0 Å². The summed E-state index contributed by atoms with van der Waals surface area (Å²) < 4.78 is 0. The van der Waals surface area contributed by atoms with E-state index in [4.69, 9.17) is 5.26 Å². The molecule has 0 bridgehead atoms. The van der Waals surface area contributed by atoms with Crippen molar-refractivity contribution in [2.24, 2.45) is 0 Å². The first-order valence-electron chi connectivity index (χ1n) is 7.30. The fourth-order valence-electron chi connectivity index (χ4n) is 1.94. The fourth-order valence-corrected chi connectivity index (χ4v) is 3.59. The van der Waals surface area contributed by atoms with Crippen molar-refractivity contribution in [3.05, 3.63) is 58.3 Å². The molecule has 1 aromatic carbocycles. The third-order valence-corrected chi connectivity index (χ3v) is 4.93. The van der Waals surface area contributed by atoms with Gasteiger partial charge in [-0.15, -0.1) is 0 Å². The Labute approximate surface area is 149 Å². The molecule has 24 heavy (non-hydrogen) atoms. The molecule has 1 atom stereocenters. The van der Waals surface area contributed by atoms with E-state index in [0.29, 0.717) is 11.3 Å². The van der Waals surface area contributed by atoms with Gasteiger partial charge in [-0.25, -0.2) is 0 Å². The largest absolute Gasteiger partial charge is 0.341 e. The molecule has 124 valence electrons. The highest BCUT2D eigenvalue weighted by atomic mass is 32.2. The van der Waals surface area contributed by atoms with E-state index >= 15 is 0 Å². The Morgan fingerprint density at radius 3 is 2.71 bits per heavy atom. The molecule has 0 saturated heterocycles. The number of rotatable bonds is 8. The quantitative estimate of drug-likeness (QED) is 0.709. The van der Waals surface area contributed by atoms with E-state index in [1.807, 2.05) is 41.8 Å². The van der Waals surface area contributed by atoms with Crippen molar-refractivity contribution in [1.29, 1.82) is 5.26 Å². The molecule has 2 rings (SSSR count). The molecule has 1 heterocycles. The Morgan fingerprint density at radius 1 is 1.25 bits per heavy atom. The van der Waals surface area contributed by atoms with Crippen molar-refractivity contribution in [2.45, 2.75) is 11.8 Å². The van der Waals surface area contributed by atoms with Gasteiger partial charge in [-0.1, -0.05) is 30.3 Å². The highest BCUT2D eigenvalue weighted by Gasteiger charge is 2.21. The van der Waals surface area contributed by atoms with Gasteiger partial charge in [0.1, 0.15) is 12.6 Å². The summed E-state index contributed by atoms with van der Waals surface area (Å²) in [6.07, 6.45) is 0. The number of nitriles is 1. The third kappa shape index (κ3) is 5.72. The minimum atomic E-state index is -0.681. The molecule has 0 spiro atoms. The number of amides is 2. The first-order chi connectivity index (χ1) is 11.7. The maximum absolute atomic E-state index is 12.2. The third-order valence-electron chi connectivity index (χ3n) is 3.14. The Morgan fingerprint density at radius 2 is 2.04 bits per heavy atom. The number of carbonyl (C=O) groups is 2. The van der Waals surface area contributed by atoms with Gasteiger partial charge in [0.2, 0.25) is 5.91 Å². The van der Waals surface area contributed by atoms with E-state index in [0.717, 1.165) is 11.3 Å². The van der Waals surface area contributed by atoms with Gasteiger partial charge < -0.3 is 10.6 Å². The van der Waals surface area contributed by atoms with Crippen molar-refractivity contribution in [3.8, 4) is 6.07 Å². The van der Waals surface area contributed by atoms with Crippen LogP contribution in [0.15, 0.2) is 47.2 Å². The molecule has 2 amide bonds. The number of carbonyl (C=O) groups excluding carboxylic acids is 2. The molecule has 0 saturated carbocycles. The smallest absolute Gasteiger partial charge is 0.252 e. The number of thioether (sulfide) groups is 1. The summed E-state index contributed by atoms with van der Waals surface area (Å²) in [5.74, 6) is 0.550. The lowest BCUT2D eigenvalue weighted by Crippen LogP contribution is -2.48. The highest BCUT2D eigenvalue weighted by Crippen LogP contribution is 2.14. The van der Waals surface area contributed by atoms with Crippen molar-refractivity contribution in [2.75, 3.05) is 12.3 Å². The predicted octanol–water partition coefficient (Wildman–Crippen LogP) is 2.42. The topological polar surface area (TPSA) is 82.0 Å². The molecular formula is C17H17N3O2S2. The lowest BCUT2D eigenvalue weighted by molar-refractivity contribution is -0.122. The second kappa shape index (κ2) is 9.75. The van der Waals surface area contributed by atoms with Crippen molar-refractivity contribution in [1.82, 2.24) is 10.6 Å². The number of hydrogen-bond donors (Lipinski definition) is 2. The molecule has 1 aromatic heterocycles. The van der Waals surface area contributed by atoms with E-state index in [9.17, 15) is 9.59 Å². The molecule has 2 aromatic rings. The second-order valence-electron chi connectivity index (χ2n) is 4.91. The molecule has 0 aliphatic rings. The zero-order chi connectivity index (χ0) is 17.2. The zero-order valence-electron chi connectivity index (χ0n) is 12.9. The maximum atomic E-state index is 12.2. The minimum absolute atomic E-state index is 0.0764. The molecule has 0 radical (unpaired) electrons. The Hall–Kier alpha value is -2.30. The molecular weight excluding hydrogens is 342 g/mol. The summed E-state index contributed by atoms with van der Waals surface area (Å²) in [4.78, 5) is 24.3. The number of thiophene rings is 1. The Bertz CT molecular complexity index is 696. The number of hydrogen-bond acceptors (Lipinski definition) is 5. The Kier molecular flexibility index (Phi) is 7.33. The SMILES string of the molecule is N#CCNC(=O)C(CSCc1ccccc1)NC(=O)c1ccsc1. The van der Waals surface area contributed by atoms with Crippen LogP contribution in [-0.2, 0) is 10.5 Å². The van der Waals surface area contributed by atoms with E-state index in [-0.39, 0.29) is 18.4 Å². The summed E-state index contributed by atoms with van der Waals surface area (Å²) in [5, 5.41) is 17.4. The van der Waals surface area contributed by atoms with Gasteiger partial charge >= 0.3 is 0 Å². The summed E-state index contributed by atoms with van der Waals surface area (Å²) in [5.41, 5.74) is 1.69. The van der Waals surface area contributed by atoms with Gasteiger partial charge in [0.05, 0.1) is 11.6 Å². The molecule has 1 unspecified atom stereocenters. The first kappa shape index (κ1) is 18.0. The predicted molar refractivity (Wildman–Crippen MR) is 96.8 cm³/mol. The number of nitrogens with one attached hydrogen (secondary N) is 2. The molecule has 2 N–H and O–H groups in total. The molecule has 7 heteroatoms. The lowest BCUT2D eigenvalue weighted by atomic mass is 10.2. The minimum Gasteiger partial charge on any atom is -0.341 e. The lowest BCUT2D eigenvalue weighted by Gasteiger charge is -2.17. The summed E-state index contributed by atoms with van der Waals surface area (Å²) in [7, 11) is 0. The maximum Gasteiger partial charge on any atom is 0.252 e. The van der Waals surface area contributed by atoms with E-state index < -0.39 is 6.04 Å². The van der Waals surface area contributed by atoms with Gasteiger partial charge in [-0.05, 0) is 17.0 Å². The summed E-state index contributed by atoms with van der Waals surface area (Å²) in [6, 6.07) is 12.8. The van der Waals surface area contributed by atoms with Crippen LogP contribution < -0.4 is 10.6 Å². The normalized spacial score (nSPS) is 11.3. The summed E-state index contributed by atoms with van der Waals surface area (Å²) >= 11 is 2.98. The molecule has 0 fully saturated rings. The summed E-state index contributed by atoms with van der Waals surface area (Å²) in [6.45, 7) is -0.0764. The average Bonchev–Trinajstić information content (AvgIpc) is 3.14. The van der Waals surface area contributed by atoms with Crippen LogP contribution in [-0.4, -0.2) is 30.2 Å². The zero-order valence-corrected chi connectivity index (χ0v) is 14.5. The Balaban J connectivity index is 1.93. The van der Waals surface area contributed by atoms with Gasteiger partial charge in [0, 0.05) is 16.9 Å².